The second-order valence-electron chi connectivity index (χ2n) is 11.0. The van der Waals surface area contributed by atoms with E-state index in [4.69, 9.17) is 21.1 Å². The van der Waals surface area contributed by atoms with Gasteiger partial charge in [-0.05, 0) is 72.2 Å². The molecule has 0 N–H and O–H groups in total. The fraction of sp³-hybridized carbons (Fsp3) is 0.367. The predicted octanol–water partition coefficient (Wildman–Crippen LogP) is 6.27. The van der Waals surface area contributed by atoms with Gasteiger partial charge in [0.2, 0.25) is 5.78 Å². The van der Waals surface area contributed by atoms with E-state index in [9.17, 15) is 19.6 Å². The molecule has 0 atom stereocenters. The highest BCUT2D eigenvalue weighted by atomic mass is 35.5. The van der Waals surface area contributed by atoms with Crippen molar-refractivity contribution in [3.8, 4) is 11.8 Å². The summed E-state index contributed by atoms with van der Waals surface area (Å²) in [5.74, 6) is -0.904. The Labute approximate surface area is 239 Å². The number of esters is 1. The van der Waals surface area contributed by atoms with Gasteiger partial charge in [0, 0.05) is 17.1 Å². The van der Waals surface area contributed by atoms with Gasteiger partial charge >= 0.3 is 12.1 Å². The number of nitriles is 1. The summed E-state index contributed by atoms with van der Waals surface area (Å²) >= 11 is 6.11. The number of carbonyl (C=O) groups is 3. The van der Waals surface area contributed by atoms with Gasteiger partial charge < -0.3 is 9.47 Å². The van der Waals surface area contributed by atoms with Gasteiger partial charge in [-0.1, -0.05) is 41.4 Å². The lowest BCUT2D eigenvalue weighted by molar-refractivity contribution is -0.151. The van der Waals surface area contributed by atoms with E-state index in [-0.39, 0.29) is 30.0 Å². The van der Waals surface area contributed by atoms with Crippen molar-refractivity contribution in [3.63, 3.8) is 0 Å². The van der Waals surface area contributed by atoms with Gasteiger partial charge in [-0.3, -0.25) is 14.5 Å². The summed E-state index contributed by atoms with van der Waals surface area (Å²) in [6.45, 7) is 10.4. The van der Waals surface area contributed by atoms with Crippen molar-refractivity contribution in [1.29, 1.82) is 5.26 Å². The summed E-state index contributed by atoms with van der Waals surface area (Å²) < 4.78 is 12.0. The maximum atomic E-state index is 13.6. The monoisotopic (exact) mass is 564 g/mol. The molecule has 3 aromatic rings. The molecule has 210 valence electrons. The first-order valence-electron chi connectivity index (χ1n) is 12.7. The van der Waals surface area contributed by atoms with E-state index in [1.807, 2.05) is 6.92 Å². The number of amides is 1. The highest BCUT2D eigenvalue weighted by Gasteiger charge is 2.36. The molecule has 0 unspecified atom stereocenters. The summed E-state index contributed by atoms with van der Waals surface area (Å²) in [5.41, 5.74) is -0.308. The molecule has 0 radical (unpaired) electrons. The van der Waals surface area contributed by atoms with Crippen LogP contribution in [0.15, 0.2) is 48.5 Å². The van der Waals surface area contributed by atoms with Crippen LogP contribution < -0.4 is 4.90 Å². The number of nitrogens with zero attached hydrogens (tertiary/aromatic N) is 4. The van der Waals surface area contributed by atoms with E-state index < -0.39 is 28.9 Å². The number of halogens is 1. The van der Waals surface area contributed by atoms with Gasteiger partial charge in [-0.15, -0.1) is 0 Å². The summed E-state index contributed by atoms with van der Waals surface area (Å²) in [5, 5.41) is 15.3. The van der Waals surface area contributed by atoms with Gasteiger partial charge in [0.25, 0.3) is 0 Å². The quantitative estimate of drug-likeness (QED) is 0.234. The van der Waals surface area contributed by atoms with Crippen molar-refractivity contribution in [2.45, 2.75) is 53.6 Å². The lowest BCUT2D eigenvalue weighted by Gasteiger charge is -2.30. The maximum absolute atomic E-state index is 13.6. The summed E-state index contributed by atoms with van der Waals surface area (Å²) in [7, 11) is 1.29. The molecule has 2 aromatic carbocycles. The number of benzene rings is 2. The van der Waals surface area contributed by atoms with Crippen LogP contribution in [-0.2, 0) is 14.3 Å². The first-order chi connectivity index (χ1) is 18.7. The lowest BCUT2D eigenvalue weighted by atomic mass is 9.89. The third-order valence-corrected chi connectivity index (χ3v) is 6.39. The molecular weight excluding hydrogens is 532 g/mol. The molecule has 40 heavy (non-hydrogen) atoms. The van der Waals surface area contributed by atoms with Crippen LogP contribution in [0.2, 0.25) is 5.02 Å². The Balaban J connectivity index is 2.27. The Hall–Kier alpha value is -4.16. The van der Waals surface area contributed by atoms with Crippen molar-refractivity contribution in [2.75, 3.05) is 18.6 Å². The number of methoxy groups -OCH3 is 1. The van der Waals surface area contributed by atoms with Crippen LogP contribution in [-0.4, -0.2) is 46.9 Å². The molecule has 0 spiro atoms. The Morgan fingerprint density at radius 3 is 2.15 bits per heavy atom. The number of anilines is 1. The van der Waals surface area contributed by atoms with Gasteiger partial charge in [0.05, 0.1) is 18.2 Å². The molecule has 9 nitrogen and oxygen atoms in total. The fourth-order valence-corrected chi connectivity index (χ4v) is 4.02. The van der Waals surface area contributed by atoms with Crippen molar-refractivity contribution < 1.29 is 23.9 Å². The number of aryl methyl sites for hydroxylation is 1. The predicted molar refractivity (Wildman–Crippen MR) is 152 cm³/mol. The number of rotatable bonds is 8. The van der Waals surface area contributed by atoms with Gasteiger partial charge in [-0.2, -0.15) is 10.4 Å². The molecule has 0 fully saturated rings. The molecule has 1 heterocycles. The molecular formula is C30H33ClN4O5. The molecule has 0 aliphatic carbocycles. The molecule has 0 saturated heterocycles. The van der Waals surface area contributed by atoms with Crippen LogP contribution in [0.3, 0.4) is 0 Å². The van der Waals surface area contributed by atoms with E-state index in [0.717, 1.165) is 5.56 Å². The average Bonchev–Trinajstić information content (AvgIpc) is 3.26. The number of aromatic nitrogens is 2. The van der Waals surface area contributed by atoms with E-state index in [0.29, 0.717) is 16.3 Å². The minimum absolute atomic E-state index is 0.0372. The summed E-state index contributed by atoms with van der Waals surface area (Å²) in [6.07, 6.45) is -0.606. The van der Waals surface area contributed by atoms with Crippen molar-refractivity contribution in [3.05, 3.63) is 75.9 Å². The minimum atomic E-state index is -0.965. The van der Waals surface area contributed by atoms with Gasteiger partial charge in [-0.25, -0.2) is 9.48 Å². The number of ether oxygens (including phenoxy) is 2. The molecule has 3 rings (SSSR count). The normalized spacial score (nSPS) is 11.5. The number of hydrogen-bond acceptors (Lipinski definition) is 7. The highest BCUT2D eigenvalue weighted by molar-refractivity contribution is 6.30. The van der Waals surface area contributed by atoms with Crippen LogP contribution >= 0.6 is 11.6 Å². The zero-order valence-corrected chi connectivity index (χ0v) is 24.5. The second-order valence-corrected chi connectivity index (χ2v) is 11.4. The largest absolute Gasteiger partial charge is 0.469 e. The van der Waals surface area contributed by atoms with E-state index in [1.165, 1.54) is 16.7 Å². The molecule has 10 heteroatoms. The topological polar surface area (TPSA) is 115 Å². The molecule has 1 amide bonds. The van der Waals surface area contributed by atoms with Crippen LogP contribution in [0.5, 0.6) is 0 Å². The first-order valence-corrected chi connectivity index (χ1v) is 13.1. The van der Waals surface area contributed by atoms with Crippen molar-refractivity contribution >= 4 is 35.3 Å². The van der Waals surface area contributed by atoms with Crippen molar-refractivity contribution in [2.24, 2.45) is 5.41 Å². The van der Waals surface area contributed by atoms with E-state index in [2.05, 4.69) is 11.2 Å². The Kier molecular flexibility index (Phi) is 9.06. The maximum Gasteiger partial charge on any atom is 0.416 e. The van der Waals surface area contributed by atoms with Gasteiger partial charge in [0.1, 0.15) is 17.2 Å². The number of hydrogen-bond donors (Lipinski definition) is 0. The summed E-state index contributed by atoms with van der Waals surface area (Å²) in [4.78, 5) is 40.9. The van der Waals surface area contributed by atoms with Crippen LogP contribution in [0, 0.1) is 23.7 Å². The molecule has 0 saturated carbocycles. The standard InChI is InChI=1S/C30H33ClN4O5/c1-19-8-10-20(11-9-19)25(36)24-23(18-32)26(35(33-24)22-14-12-21(31)13-15-22)34(28(38)40-29(2,3)4)17-16-30(5,6)27(37)39-7/h8-15H,16-17H2,1-7H3. The smallest absolute Gasteiger partial charge is 0.416 e. The second kappa shape index (κ2) is 11.9. The Bertz CT molecular complexity index is 1450. The molecule has 0 aliphatic heterocycles. The van der Waals surface area contributed by atoms with Gasteiger partial charge in [0.15, 0.2) is 11.5 Å². The fourth-order valence-electron chi connectivity index (χ4n) is 3.89. The van der Waals surface area contributed by atoms with Crippen LogP contribution in [0.1, 0.15) is 68.2 Å². The number of ketones is 1. The highest BCUT2D eigenvalue weighted by Crippen LogP contribution is 2.32. The third-order valence-electron chi connectivity index (χ3n) is 6.14. The number of carbonyl (C=O) groups excluding carboxylic acids is 3. The first kappa shape index (κ1) is 30.4. The lowest BCUT2D eigenvalue weighted by Crippen LogP contribution is -2.41. The summed E-state index contributed by atoms with van der Waals surface area (Å²) in [6, 6.07) is 15.6. The SMILES string of the molecule is COC(=O)C(C)(C)CCN(C(=O)OC(C)(C)C)c1c(C#N)c(C(=O)c2ccc(C)cc2)nn1-c1ccc(Cl)cc1. The minimum Gasteiger partial charge on any atom is -0.469 e. The Morgan fingerprint density at radius 2 is 1.62 bits per heavy atom. The van der Waals surface area contributed by atoms with E-state index in [1.54, 1.807) is 83.1 Å². The average molecular weight is 565 g/mol. The van der Waals surface area contributed by atoms with Crippen molar-refractivity contribution in [1.82, 2.24) is 9.78 Å². The van der Waals surface area contributed by atoms with Crippen LogP contribution in [0.25, 0.3) is 5.69 Å². The molecule has 1 aromatic heterocycles. The molecule has 0 bridgehead atoms. The Morgan fingerprint density at radius 1 is 1.02 bits per heavy atom. The zero-order chi connectivity index (χ0) is 29.8. The third kappa shape index (κ3) is 6.88. The van der Waals surface area contributed by atoms with E-state index >= 15 is 0 Å². The zero-order valence-electron chi connectivity index (χ0n) is 23.7. The molecule has 0 aliphatic rings. The van der Waals surface area contributed by atoms with Crippen LogP contribution in [0.4, 0.5) is 10.6 Å².